The number of rotatable bonds is 5. The van der Waals surface area contributed by atoms with E-state index < -0.39 is 16.5 Å². The summed E-state index contributed by atoms with van der Waals surface area (Å²) in [7, 11) is 0. The van der Waals surface area contributed by atoms with Crippen LogP contribution in [0.15, 0.2) is 60.7 Å². The molecule has 34 heavy (non-hydrogen) atoms. The lowest BCUT2D eigenvalue weighted by Crippen LogP contribution is -2.43. The Kier molecular flexibility index (Phi) is 6.43. The summed E-state index contributed by atoms with van der Waals surface area (Å²) in [4.78, 5) is 34.2. The molecule has 0 saturated carbocycles. The predicted octanol–water partition coefficient (Wildman–Crippen LogP) is 3.24. The molecule has 0 bridgehead atoms. The van der Waals surface area contributed by atoms with Crippen LogP contribution in [0.25, 0.3) is 11.0 Å². The predicted molar refractivity (Wildman–Crippen MR) is 128 cm³/mol. The third kappa shape index (κ3) is 5.13. The smallest absolute Gasteiger partial charge is 0.404 e. The molecular weight excluding hydrogens is 532 g/mol. The average molecular weight is 547 g/mol. The molecule has 0 fully saturated rings. The molecule has 174 valence electrons. The highest BCUT2D eigenvalue weighted by Gasteiger charge is 2.20. The van der Waals surface area contributed by atoms with E-state index in [1.54, 1.807) is 24.3 Å². The summed E-state index contributed by atoms with van der Waals surface area (Å²) in [5.41, 5.74) is 6.25. The summed E-state index contributed by atoms with van der Waals surface area (Å²) in [5, 5.41) is 18.5. The van der Waals surface area contributed by atoms with Crippen molar-refractivity contribution in [1.29, 1.82) is 0 Å². The van der Waals surface area contributed by atoms with Gasteiger partial charge in [-0.2, -0.15) is 4.68 Å². The van der Waals surface area contributed by atoms with Crippen LogP contribution < -0.4 is 21.8 Å². The van der Waals surface area contributed by atoms with Gasteiger partial charge in [0.2, 0.25) is 0 Å². The quantitative estimate of drug-likeness (QED) is 0.147. The number of carbonyl (C=O) groups excluding carboxylic acids is 1. The van der Waals surface area contributed by atoms with Gasteiger partial charge in [-0.1, -0.05) is 0 Å². The third-order valence-corrected chi connectivity index (χ3v) is 5.34. The van der Waals surface area contributed by atoms with Gasteiger partial charge in [0.15, 0.2) is 10.9 Å². The summed E-state index contributed by atoms with van der Waals surface area (Å²) in [6.07, 6.45) is 1.44. The van der Waals surface area contributed by atoms with Gasteiger partial charge < -0.3 is 24.3 Å². The molecule has 4 rings (SSSR count). The Morgan fingerprint density at radius 1 is 1.24 bits per heavy atom. The van der Waals surface area contributed by atoms with Gasteiger partial charge in [-0.15, -0.1) is 0 Å². The molecule has 0 atom stereocenters. The molecule has 12 nitrogen and oxygen atoms in total. The Balaban J connectivity index is 1.34. The lowest BCUT2D eigenvalue weighted by Gasteiger charge is -2.11. The van der Waals surface area contributed by atoms with Crippen LogP contribution in [-0.2, 0) is 6.54 Å². The van der Waals surface area contributed by atoms with E-state index in [0.29, 0.717) is 17.0 Å². The number of hydrogen-bond acceptors (Lipinski definition) is 8. The largest absolute Gasteiger partial charge is 0.454 e. The zero-order valence-electron chi connectivity index (χ0n) is 17.3. The molecule has 0 aliphatic rings. The van der Waals surface area contributed by atoms with Gasteiger partial charge in [0, 0.05) is 23.2 Å². The van der Waals surface area contributed by atoms with Crippen LogP contribution in [0, 0.1) is 17.0 Å². The monoisotopic (exact) mass is 546 g/mol. The van der Waals surface area contributed by atoms with E-state index in [4.69, 9.17) is 21.1 Å². The number of halogens is 1. The lowest BCUT2D eigenvalue weighted by molar-refractivity contribution is -0.390. The summed E-state index contributed by atoms with van der Waals surface area (Å²) in [6.45, 7) is 1.90. The number of fused-ring (bicyclic) bond motifs is 1. The molecule has 0 saturated heterocycles. The van der Waals surface area contributed by atoms with Crippen molar-refractivity contribution in [3.05, 3.63) is 84.7 Å². The van der Waals surface area contributed by atoms with Gasteiger partial charge in [0.25, 0.3) is 0 Å². The minimum Gasteiger partial charge on any atom is -0.454 e. The number of aryl methyl sites for hydroxylation is 1. The van der Waals surface area contributed by atoms with Gasteiger partial charge in [-0.3, -0.25) is 15.6 Å². The van der Waals surface area contributed by atoms with Gasteiger partial charge in [-0.05, 0) is 69.8 Å². The summed E-state index contributed by atoms with van der Waals surface area (Å²) >= 11 is 8.25. The van der Waals surface area contributed by atoms with Crippen LogP contribution >= 0.6 is 28.1 Å². The van der Waals surface area contributed by atoms with Crippen molar-refractivity contribution in [2.24, 2.45) is 0 Å². The zero-order valence-corrected chi connectivity index (χ0v) is 19.7. The van der Waals surface area contributed by atoms with Crippen molar-refractivity contribution in [2.45, 2.75) is 13.5 Å². The van der Waals surface area contributed by atoms with E-state index in [0.717, 1.165) is 10.9 Å². The van der Waals surface area contributed by atoms with Crippen molar-refractivity contribution in [3.63, 3.8) is 0 Å². The molecule has 3 N–H and O–H groups in total. The first kappa shape index (κ1) is 23.1. The molecule has 0 radical (unpaired) electrons. The van der Waals surface area contributed by atoms with Crippen LogP contribution in [0.5, 0.6) is 0 Å². The first-order valence-corrected chi connectivity index (χ1v) is 10.8. The molecule has 0 aliphatic carbocycles. The molecule has 3 heterocycles. The average Bonchev–Trinajstić information content (AvgIpc) is 3.38. The maximum atomic E-state index is 12.3. The summed E-state index contributed by atoms with van der Waals surface area (Å²) in [6, 6.07) is 9.57. The van der Waals surface area contributed by atoms with Gasteiger partial charge in [0.1, 0.15) is 22.4 Å². The maximum Gasteiger partial charge on any atom is 0.404 e. The standard InChI is InChI=1S/C20H15BrN6O6S/c1-10-6-17(28)33-16-7-11(2-4-13(10)16)22-20(34)24-23-19(29)15-5-3-12(32-15)8-26-9-14(21)18(25-26)27(30)31/h2-7,9H,8H2,1H3,(H,23,29)(H2,22,24,34). The van der Waals surface area contributed by atoms with Crippen LogP contribution in [0.4, 0.5) is 11.5 Å². The second-order valence-corrected chi connectivity index (χ2v) is 8.28. The number of furan rings is 1. The van der Waals surface area contributed by atoms with Crippen molar-refractivity contribution < 1.29 is 18.6 Å². The first-order valence-electron chi connectivity index (χ1n) is 9.57. The molecule has 14 heteroatoms. The van der Waals surface area contributed by atoms with E-state index in [9.17, 15) is 19.7 Å². The summed E-state index contributed by atoms with van der Waals surface area (Å²) in [5.74, 6) is -0.556. The number of hydrogen-bond donors (Lipinski definition) is 3. The van der Waals surface area contributed by atoms with Gasteiger partial charge in [-0.25, -0.2) is 4.79 Å². The van der Waals surface area contributed by atoms with E-state index in [2.05, 4.69) is 37.2 Å². The number of aromatic nitrogens is 2. The minimum absolute atomic E-state index is 0.00558. The van der Waals surface area contributed by atoms with Crippen molar-refractivity contribution in [1.82, 2.24) is 20.6 Å². The van der Waals surface area contributed by atoms with Crippen molar-refractivity contribution in [3.8, 4) is 0 Å². The normalized spacial score (nSPS) is 10.8. The highest BCUT2D eigenvalue weighted by Crippen LogP contribution is 2.23. The van der Waals surface area contributed by atoms with Crippen molar-refractivity contribution in [2.75, 3.05) is 5.32 Å². The first-order chi connectivity index (χ1) is 16.2. The fourth-order valence-electron chi connectivity index (χ4n) is 3.08. The molecule has 0 unspecified atom stereocenters. The number of benzene rings is 1. The number of hydrazine groups is 1. The van der Waals surface area contributed by atoms with E-state index in [1.165, 1.54) is 23.0 Å². The van der Waals surface area contributed by atoms with E-state index in [1.807, 2.05) is 6.92 Å². The number of nitrogens with zero attached hydrogens (tertiary/aromatic N) is 3. The third-order valence-electron chi connectivity index (χ3n) is 4.57. The molecule has 3 aromatic heterocycles. The molecule has 4 aromatic rings. The highest BCUT2D eigenvalue weighted by molar-refractivity contribution is 9.10. The van der Waals surface area contributed by atoms with Crippen LogP contribution in [0.3, 0.4) is 0 Å². The second kappa shape index (κ2) is 9.44. The topological polar surface area (TPSA) is 157 Å². The number of amides is 1. The Labute approximate surface area is 204 Å². The Bertz CT molecular complexity index is 1490. The number of carbonyl (C=O) groups is 1. The molecule has 0 spiro atoms. The number of nitro groups is 1. The number of nitrogens with one attached hydrogen (secondary N) is 3. The maximum absolute atomic E-state index is 12.3. The summed E-state index contributed by atoms with van der Waals surface area (Å²) < 4.78 is 12.2. The Hall–Kier alpha value is -4.04. The van der Waals surface area contributed by atoms with Crippen LogP contribution in [-0.4, -0.2) is 25.7 Å². The SMILES string of the molecule is Cc1cc(=O)oc2cc(NC(=S)NNC(=O)c3ccc(Cn4cc(Br)c([N+](=O)[O-])n4)o3)ccc12. The van der Waals surface area contributed by atoms with Gasteiger partial charge >= 0.3 is 17.4 Å². The Morgan fingerprint density at radius 3 is 2.76 bits per heavy atom. The second-order valence-electron chi connectivity index (χ2n) is 7.01. The highest BCUT2D eigenvalue weighted by atomic mass is 79.9. The minimum atomic E-state index is -0.612. The van der Waals surface area contributed by atoms with E-state index >= 15 is 0 Å². The lowest BCUT2D eigenvalue weighted by atomic mass is 10.1. The van der Waals surface area contributed by atoms with Crippen LogP contribution in [0.2, 0.25) is 0 Å². The molecule has 1 aromatic carbocycles. The molecule has 0 aliphatic heterocycles. The fraction of sp³-hybridized carbons (Fsp3) is 0.100. The van der Waals surface area contributed by atoms with Crippen molar-refractivity contribution >= 4 is 61.6 Å². The number of thiocarbonyl (C=S) groups is 1. The molecular formula is C20H15BrN6O6S. The number of anilines is 1. The van der Waals surface area contributed by atoms with Gasteiger partial charge in [0.05, 0.1) is 11.3 Å². The van der Waals surface area contributed by atoms with Crippen LogP contribution in [0.1, 0.15) is 21.9 Å². The molecule has 1 amide bonds. The zero-order chi connectivity index (χ0) is 24.4. The Morgan fingerprint density at radius 2 is 2.03 bits per heavy atom. The fourth-order valence-corrected chi connectivity index (χ4v) is 3.71. The van der Waals surface area contributed by atoms with E-state index in [-0.39, 0.29) is 27.7 Å².